The first-order valence-electron chi connectivity index (χ1n) is 7.46. The maximum Gasteiger partial charge on any atom is 0.263 e. The Morgan fingerprint density at radius 2 is 2.14 bits per heavy atom. The van der Waals surface area contributed by atoms with Crippen LogP contribution in [0.4, 0.5) is 0 Å². The molecule has 0 bridgehead atoms. The Hall–Kier alpha value is -1.76. The Kier molecular flexibility index (Phi) is 5.28. The van der Waals surface area contributed by atoms with E-state index in [0.29, 0.717) is 12.5 Å². The smallest absolute Gasteiger partial charge is 0.263 e. The van der Waals surface area contributed by atoms with Gasteiger partial charge in [-0.3, -0.25) is 4.79 Å². The van der Waals surface area contributed by atoms with E-state index in [-0.39, 0.29) is 11.8 Å². The van der Waals surface area contributed by atoms with Gasteiger partial charge in [0.2, 0.25) is 0 Å². The van der Waals surface area contributed by atoms with Crippen LogP contribution >= 0.6 is 11.3 Å². The van der Waals surface area contributed by atoms with Crippen molar-refractivity contribution in [2.75, 3.05) is 6.54 Å². The monoisotopic (exact) mass is 321 g/mol. The van der Waals surface area contributed by atoms with Crippen molar-refractivity contribution in [1.82, 2.24) is 25.1 Å². The first kappa shape index (κ1) is 16.6. The van der Waals surface area contributed by atoms with Gasteiger partial charge in [0, 0.05) is 19.5 Å². The van der Waals surface area contributed by atoms with Gasteiger partial charge in [0.1, 0.15) is 17.0 Å². The molecule has 0 saturated heterocycles. The van der Waals surface area contributed by atoms with E-state index >= 15 is 0 Å². The number of rotatable bonds is 6. The Labute approximate surface area is 135 Å². The van der Waals surface area contributed by atoms with Gasteiger partial charge in [0.05, 0.1) is 10.7 Å². The molecule has 0 spiro atoms. The highest BCUT2D eigenvalue weighted by molar-refractivity contribution is 7.13. The van der Waals surface area contributed by atoms with Gasteiger partial charge in [0.25, 0.3) is 5.91 Å². The molecule has 1 atom stereocenters. The Morgan fingerprint density at radius 3 is 2.73 bits per heavy atom. The molecule has 0 saturated carbocycles. The van der Waals surface area contributed by atoms with Crippen molar-refractivity contribution < 1.29 is 4.79 Å². The third kappa shape index (κ3) is 3.91. The van der Waals surface area contributed by atoms with Gasteiger partial charge in [-0.15, -0.1) is 21.5 Å². The average molecular weight is 321 g/mol. The van der Waals surface area contributed by atoms with Gasteiger partial charge >= 0.3 is 0 Å². The topological polar surface area (TPSA) is 72.7 Å². The Bertz CT molecular complexity index is 646. The van der Waals surface area contributed by atoms with E-state index in [1.165, 1.54) is 11.3 Å². The molecule has 6 nitrogen and oxygen atoms in total. The number of amides is 1. The van der Waals surface area contributed by atoms with E-state index in [2.05, 4.69) is 34.3 Å². The average Bonchev–Trinajstić information content (AvgIpc) is 3.01. The lowest BCUT2D eigenvalue weighted by atomic mass is 10.1. The van der Waals surface area contributed by atoms with Crippen molar-refractivity contribution in [2.45, 2.75) is 40.0 Å². The summed E-state index contributed by atoms with van der Waals surface area (Å²) >= 11 is 1.46. The summed E-state index contributed by atoms with van der Waals surface area (Å²) < 4.78 is 1.87. The van der Waals surface area contributed by atoms with E-state index in [4.69, 9.17) is 0 Å². The highest BCUT2D eigenvalue weighted by Gasteiger charge is 2.19. The molecule has 22 heavy (non-hydrogen) atoms. The molecule has 2 aromatic heterocycles. The molecule has 2 aromatic rings. The van der Waals surface area contributed by atoms with Crippen LogP contribution in [0.3, 0.4) is 0 Å². The van der Waals surface area contributed by atoms with E-state index < -0.39 is 0 Å². The number of thiazole rings is 1. The number of carbonyl (C=O) groups excluding carboxylic acids is 1. The van der Waals surface area contributed by atoms with Gasteiger partial charge in [0.15, 0.2) is 0 Å². The maximum absolute atomic E-state index is 12.4. The summed E-state index contributed by atoms with van der Waals surface area (Å²) in [6.45, 7) is 8.76. The van der Waals surface area contributed by atoms with Crippen molar-refractivity contribution >= 4 is 17.2 Å². The molecule has 0 unspecified atom stereocenters. The zero-order chi connectivity index (χ0) is 16.3. The summed E-state index contributed by atoms with van der Waals surface area (Å²) in [5.41, 5.74) is 0.904. The van der Waals surface area contributed by atoms with Crippen molar-refractivity contribution in [3.8, 4) is 0 Å². The lowest BCUT2D eigenvalue weighted by Gasteiger charge is -2.12. The van der Waals surface area contributed by atoms with E-state index in [9.17, 15) is 4.79 Å². The van der Waals surface area contributed by atoms with Crippen molar-refractivity contribution in [3.05, 3.63) is 27.7 Å². The molecule has 1 N–H and O–H groups in total. The third-order valence-electron chi connectivity index (χ3n) is 3.37. The summed E-state index contributed by atoms with van der Waals surface area (Å²) in [5, 5.41) is 11.9. The Morgan fingerprint density at radius 1 is 1.41 bits per heavy atom. The molecular weight excluding hydrogens is 298 g/mol. The second-order valence-corrected chi connectivity index (χ2v) is 7.22. The first-order valence-corrected chi connectivity index (χ1v) is 8.28. The summed E-state index contributed by atoms with van der Waals surface area (Å²) in [6.07, 6.45) is 2.49. The van der Waals surface area contributed by atoms with Crippen molar-refractivity contribution in [3.63, 3.8) is 0 Å². The van der Waals surface area contributed by atoms with Crippen LogP contribution < -0.4 is 5.32 Å². The number of hydrogen-bond donors (Lipinski definition) is 1. The number of aryl methyl sites for hydroxylation is 2. The molecule has 0 radical (unpaired) electrons. The fourth-order valence-corrected chi connectivity index (χ4v) is 3.19. The van der Waals surface area contributed by atoms with Crippen molar-refractivity contribution in [1.29, 1.82) is 0 Å². The predicted molar refractivity (Wildman–Crippen MR) is 87.1 cm³/mol. The second-order valence-electron chi connectivity index (χ2n) is 6.02. The molecule has 0 aliphatic heterocycles. The first-order chi connectivity index (χ1) is 10.4. The number of hydrogen-bond acceptors (Lipinski definition) is 5. The zero-order valence-electron chi connectivity index (χ0n) is 13.8. The third-order valence-corrected chi connectivity index (χ3v) is 4.38. The van der Waals surface area contributed by atoms with Crippen LogP contribution in [0.1, 0.15) is 52.9 Å². The fraction of sp³-hybridized carbons (Fsp3) is 0.600. The van der Waals surface area contributed by atoms with E-state index in [1.807, 2.05) is 25.5 Å². The number of nitrogens with one attached hydrogen (secondary N) is 1. The SMILES string of the molecule is Cc1nc(CC(C)C)c(C(=O)NC[C@H](C)c2nncn2C)s1. The van der Waals surface area contributed by atoms with Crippen molar-refractivity contribution in [2.24, 2.45) is 13.0 Å². The molecule has 0 aromatic carbocycles. The summed E-state index contributed by atoms with van der Waals surface area (Å²) in [6, 6.07) is 0. The fourth-order valence-electron chi connectivity index (χ4n) is 2.33. The number of carbonyl (C=O) groups is 1. The van der Waals surface area contributed by atoms with Crippen LogP contribution in [0.15, 0.2) is 6.33 Å². The van der Waals surface area contributed by atoms with Gasteiger partial charge in [-0.25, -0.2) is 4.98 Å². The molecule has 2 rings (SSSR count). The quantitative estimate of drug-likeness (QED) is 0.886. The minimum absolute atomic E-state index is 0.0460. The van der Waals surface area contributed by atoms with Crippen LogP contribution in [0.25, 0.3) is 0 Å². The Balaban J connectivity index is 2.02. The summed E-state index contributed by atoms with van der Waals surface area (Å²) in [4.78, 5) is 17.7. The molecule has 1 amide bonds. The van der Waals surface area contributed by atoms with Crippen LogP contribution in [0, 0.1) is 12.8 Å². The molecule has 0 aliphatic carbocycles. The molecule has 0 aliphatic rings. The molecule has 0 fully saturated rings. The van der Waals surface area contributed by atoms with Gasteiger partial charge in [-0.2, -0.15) is 0 Å². The maximum atomic E-state index is 12.4. The van der Waals surface area contributed by atoms with Gasteiger partial charge < -0.3 is 9.88 Å². The zero-order valence-corrected chi connectivity index (χ0v) is 14.6. The largest absolute Gasteiger partial charge is 0.351 e. The number of nitrogens with zero attached hydrogens (tertiary/aromatic N) is 4. The lowest BCUT2D eigenvalue weighted by molar-refractivity contribution is 0.0954. The van der Waals surface area contributed by atoms with E-state index in [1.54, 1.807) is 6.33 Å². The lowest BCUT2D eigenvalue weighted by Crippen LogP contribution is -2.28. The summed E-state index contributed by atoms with van der Waals surface area (Å²) in [5.74, 6) is 1.41. The van der Waals surface area contributed by atoms with Crippen LogP contribution in [-0.4, -0.2) is 32.2 Å². The molecular formula is C15H23N5OS. The van der Waals surface area contributed by atoms with E-state index in [0.717, 1.165) is 27.8 Å². The minimum Gasteiger partial charge on any atom is -0.351 e. The normalized spacial score (nSPS) is 12.6. The highest BCUT2D eigenvalue weighted by Crippen LogP contribution is 2.21. The standard InChI is InChI=1S/C15H23N5OS/c1-9(2)6-12-13(22-11(4)18-12)15(21)16-7-10(3)14-19-17-8-20(14)5/h8-10H,6-7H2,1-5H3,(H,16,21)/t10-/m0/s1. The van der Waals surface area contributed by atoms with Gasteiger partial charge in [-0.05, 0) is 19.3 Å². The minimum atomic E-state index is -0.0460. The van der Waals surface area contributed by atoms with Crippen LogP contribution in [0.5, 0.6) is 0 Å². The molecule has 2 heterocycles. The molecule has 120 valence electrons. The molecule has 7 heteroatoms. The van der Waals surface area contributed by atoms with Crippen LogP contribution in [0.2, 0.25) is 0 Å². The summed E-state index contributed by atoms with van der Waals surface area (Å²) in [7, 11) is 1.90. The van der Waals surface area contributed by atoms with Crippen LogP contribution in [-0.2, 0) is 13.5 Å². The van der Waals surface area contributed by atoms with Gasteiger partial charge in [-0.1, -0.05) is 20.8 Å². The predicted octanol–water partition coefficient (Wildman–Crippen LogP) is 2.31. The highest BCUT2D eigenvalue weighted by atomic mass is 32.1. The second kappa shape index (κ2) is 7.00. The number of aromatic nitrogens is 4.